The molecule has 7 aromatic carbocycles. The van der Waals surface area contributed by atoms with Crippen LogP contribution in [0.15, 0.2) is 128 Å². The first kappa shape index (κ1) is 23.9. The molecule has 210 valence electrons. The van der Waals surface area contributed by atoms with Crippen LogP contribution in [-0.2, 0) is 0 Å². The quantitative estimate of drug-likeness (QED) is 0.190. The van der Waals surface area contributed by atoms with Crippen molar-refractivity contribution in [3.05, 3.63) is 133 Å². The maximum atomic E-state index is 11.0. The minimum absolute atomic E-state index is 0.601. The summed E-state index contributed by atoms with van der Waals surface area (Å²) in [6, 6.07) is 41.0. The third-order valence-electron chi connectivity index (χ3n) is 10.0. The summed E-state index contributed by atoms with van der Waals surface area (Å²) in [6.07, 6.45) is 5.72. The number of fused-ring (bicyclic) bond motifs is 6. The first-order valence-corrected chi connectivity index (χ1v) is 15.4. The van der Waals surface area contributed by atoms with Gasteiger partial charge in [0.25, 0.3) is 0 Å². The highest BCUT2D eigenvalue weighted by atomic mass is 15.1. The molecule has 0 fully saturated rings. The zero-order chi connectivity index (χ0) is 30.1. The van der Waals surface area contributed by atoms with Gasteiger partial charge in [-0.05, 0) is 80.2 Å². The van der Waals surface area contributed by atoms with Gasteiger partial charge in [-0.15, -0.1) is 0 Å². The lowest BCUT2D eigenvalue weighted by molar-refractivity contribution is 1.10. The van der Waals surface area contributed by atoms with Crippen molar-refractivity contribution < 1.29 is 0 Å². The number of nitriles is 1. The predicted molar refractivity (Wildman–Crippen MR) is 188 cm³/mol. The lowest BCUT2D eigenvalue weighted by atomic mass is 9.96. The molecule has 46 heavy (non-hydrogen) atoms. The molecule has 0 aliphatic carbocycles. The van der Waals surface area contributed by atoms with Gasteiger partial charge in [-0.3, -0.25) is 9.55 Å². The molecule has 0 atom stereocenters. The van der Waals surface area contributed by atoms with Crippen molar-refractivity contribution >= 4 is 86.8 Å². The van der Waals surface area contributed by atoms with E-state index in [2.05, 4.69) is 129 Å². The molecule has 0 unspecified atom stereocenters. The Morgan fingerprint density at radius 2 is 0.957 bits per heavy atom. The van der Waals surface area contributed by atoms with Crippen molar-refractivity contribution in [1.29, 1.82) is 5.26 Å². The Morgan fingerprint density at radius 3 is 1.63 bits per heavy atom. The summed E-state index contributed by atoms with van der Waals surface area (Å²) < 4.78 is 4.46. The van der Waals surface area contributed by atoms with Gasteiger partial charge >= 0.3 is 0 Å². The molecule has 11 rings (SSSR count). The Kier molecular flexibility index (Phi) is 4.34. The number of nitrogens with zero attached hydrogens (tertiary/aromatic N) is 5. The summed E-state index contributed by atoms with van der Waals surface area (Å²) in [6.45, 7) is 0. The zero-order valence-corrected chi connectivity index (χ0v) is 24.4. The van der Waals surface area contributed by atoms with E-state index in [0.717, 1.165) is 44.3 Å². The Bertz CT molecular complexity index is 2720. The minimum Gasteiger partial charge on any atom is -0.308 e. The van der Waals surface area contributed by atoms with Crippen molar-refractivity contribution in [3.8, 4) is 17.4 Å². The summed E-state index contributed by atoms with van der Waals surface area (Å²) >= 11 is 0. The lowest BCUT2D eigenvalue weighted by Crippen LogP contribution is -2.04. The standard InChI is InChI=1S/C41H21N5/c42-21-30-32(45-34-14-3-10-27-25-17-19-43-22-31(25)28-11-5-15-35(45)38(28)37(27)34)12-6-13-33(30)46-36-16-4-9-26-23-7-1-2-8-24(23)29-18-20-44-41(46)40(29)39(26)36/h1-20,22H. The van der Waals surface area contributed by atoms with E-state index in [-0.39, 0.29) is 0 Å². The van der Waals surface area contributed by atoms with E-state index in [4.69, 9.17) is 4.98 Å². The monoisotopic (exact) mass is 583 g/mol. The molecule has 0 aliphatic heterocycles. The molecule has 0 saturated carbocycles. The van der Waals surface area contributed by atoms with Crippen molar-refractivity contribution in [1.82, 2.24) is 19.1 Å². The predicted octanol–water partition coefficient (Wildman–Crippen LogP) is 10.0. The molecule has 4 heterocycles. The van der Waals surface area contributed by atoms with Crippen molar-refractivity contribution in [3.63, 3.8) is 0 Å². The van der Waals surface area contributed by atoms with Gasteiger partial charge in [0, 0.05) is 45.5 Å². The average molecular weight is 584 g/mol. The Balaban J connectivity index is 1.30. The largest absolute Gasteiger partial charge is 0.308 e. The SMILES string of the molecule is N#Cc1c(-n2c3cccc4c5ccncc5c5cccc2c5c43)cccc1-n1c2cccc3c4ccccc4c4ccnc1c4c32. The first-order valence-electron chi connectivity index (χ1n) is 15.4. The summed E-state index contributed by atoms with van der Waals surface area (Å²) in [5.41, 5.74) is 6.31. The molecule has 5 heteroatoms. The minimum atomic E-state index is 0.601. The van der Waals surface area contributed by atoms with Crippen LogP contribution in [-0.4, -0.2) is 19.1 Å². The summed E-state index contributed by atoms with van der Waals surface area (Å²) in [7, 11) is 0. The van der Waals surface area contributed by atoms with E-state index in [1.54, 1.807) is 0 Å². The van der Waals surface area contributed by atoms with Gasteiger partial charge < -0.3 is 4.57 Å². The van der Waals surface area contributed by atoms with Crippen molar-refractivity contribution in [2.75, 3.05) is 0 Å². The number of rotatable bonds is 2. The van der Waals surface area contributed by atoms with Crippen LogP contribution in [0, 0.1) is 11.3 Å². The molecule has 0 N–H and O–H groups in total. The summed E-state index contributed by atoms with van der Waals surface area (Å²) in [4.78, 5) is 9.44. The van der Waals surface area contributed by atoms with Crippen LogP contribution >= 0.6 is 0 Å². The maximum absolute atomic E-state index is 11.0. The van der Waals surface area contributed by atoms with Crippen molar-refractivity contribution in [2.45, 2.75) is 0 Å². The van der Waals surface area contributed by atoms with Gasteiger partial charge in [-0.2, -0.15) is 5.26 Å². The second kappa shape index (κ2) is 8.35. The highest BCUT2D eigenvalue weighted by molar-refractivity contribution is 6.35. The Labute approximate surface area is 261 Å². The molecule has 11 aromatic rings. The van der Waals surface area contributed by atoms with Crippen LogP contribution in [0.4, 0.5) is 0 Å². The van der Waals surface area contributed by atoms with E-state index in [9.17, 15) is 5.26 Å². The first-order chi connectivity index (χ1) is 22.8. The fourth-order valence-corrected chi connectivity index (χ4v) is 8.29. The summed E-state index contributed by atoms with van der Waals surface area (Å²) in [5, 5.41) is 25.2. The van der Waals surface area contributed by atoms with Crippen LogP contribution in [0.3, 0.4) is 0 Å². The van der Waals surface area contributed by atoms with E-state index in [1.807, 2.05) is 18.6 Å². The van der Waals surface area contributed by atoms with Gasteiger partial charge in [0.2, 0.25) is 0 Å². The van der Waals surface area contributed by atoms with Crippen LogP contribution in [0.2, 0.25) is 0 Å². The molecule has 4 aromatic heterocycles. The van der Waals surface area contributed by atoms with Gasteiger partial charge in [0.05, 0.1) is 27.9 Å². The van der Waals surface area contributed by atoms with Crippen molar-refractivity contribution in [2.24, 2.45) is 0 Å². The van der Waals surface area contributed by atoms with Crippen LogP contribution in [0.1, 0.15) is 5.56 Å². The molecule has 0 spiro atoms. The number of pyridine rings is 2. The van der Waals surface area contributed by atoms with Crippen LogP contribution < -0.4 is 0 Å². The van der Waals surface area contributed by atoms with E-state index < -0.39 is 0 Å². The molecule has 0 aliphatic rings. The highest BCUT2D eigenvalue weighted by Crippen LogP contribution is 2.46. The number of benzene rings is 7. The van der Waals surface area contributed by atoms with E-state index in [1.165, 1.54) is 53.9 Å². The van der Waals surface area contributed by atoms with Gasteiger partial charge in [-0.25, -0.2) is 4.98 Å². The molecule has 0 amide bonds. The van der Waals surface area contributed by atoms with E-state index >= 15 is 0 Å². The highest BCUT2D eigenvalue weighted by Gasteiger charge is 2.25. The topological polar surface area (TPSA) is 59.4 Å². The average Bonchev–Trinajstić information content (AvgIpc) is 3.64. The van der Waals surface area contributed by atoms with Crippen LogP contribution in [0.25, 0.3) is 98.2 Å². The maximum Gasteiger partial charge on any atom is 0.146 e. The Hall–Kier alpha value is -6.51. The molecule has 0 radical (unpaired) electrons. The van der Waals surface area contributed by atoms with E-state index in [0.29, 0.717) is 5.56 Å². The van der Waals surface area contributed by atoms with Gasteiger partial charge in [0.1, 0.15) is 17.3 Å². The second-order valence-electron chi connectivity index (χ2n) is 12.1. The number of hydrogen-bond donors (Lipinski definition) is 0. The third-order valence-corrected chi connectivity index (χ3v) is 10.0. The third kappa shape index (κ3) is 2.72. The Morgan fingerprint density at radius 1 is 0.457 bits per heavy atom. The smallest absolute Gasteiger partial charge is 0.146 e. The lowest BCUT2D eigenvalue weighted by Gasteiger charge is -2.15. The fourth-order valence-electron chi connectivity index (χ4n) is 8.29. The molecular formula is C41H21N5. The van der Waals surface area contributed by atoms with Gasteiger partial charge in [0.15, 0.2) is 0 Å². The van der Waals surface area contributed by atoms with Gasteiger partial charge in [-0.1, -0.05) is 66.7 Å². The fraction of sp³-hybridized carbons (Fsp3) is 0. The molecule has 0 saturated heterocycles. The normalized spacial score (nSPS) is 12.3. The van der Waals surface area contributed by atoms with Crippen LogP contribution in [0.5, 0.6) is 0 Å². The zero-order valence-electron chi connectivity index (χ0n) is 24.4. The number of aromatic nitrogens is 4. The molecule has 0 bridgehead atoms. The second-order valence-corrected chi connectivity index (χ2v) is 12.1. The molecular weight excluding hydrogens is 562 g/mol. The number of hydrogen-bond acceptors (Lipinski definition) is 3. The molecule has 5 nitrogen and oxygen atoms in total. The summed E-state index contributed by atoms with van der Waals surface area (Å²) in [5.74, 6) is 0.